The van der Waals surface area contributed by atoms with E-state index in [-0.39, 0.29) is 4.21 Å². The number of aromatic amines is 1. The van der Waals surface area contributed by atoms with Gasteiger partial charge in [0.05, 0.1) is 11.4 Å². The summed E-state index contributed by atoms with van der Waals surface area (Å²) in [6, 6.07) is 17.8. The Morgan fingerprint density at radius 3 is 2.59 bits per heavy atom. The fraction of sp³-hybridized carbons (Fsp3) is 0.0556. The van der Waals surface area contributed by atoms with Crippen LogP contribution in [-0.2, 0) is 10.0 Å². The number of tetrazole rings is 1. The fourth-order valence-corrected chi connectivity index (χ4v) is 5.36. The maximum Gasteiger partial charge on any atom is 0.278 e. The van der Waals surface area contributed by atoms with E-state index in [9.17, 15) is 8.42 Å². The molecular weight excluding hydrogens is 382 g/mol. The second-order valence-electron chi connectivity index (χ2n) is 5.77. The number of nitrogens with one attached hydrogen (secondary N) is 1. The molecule has 0 saturated carbocycles. The molecule has 136 valence electrons. The third-order valence-corrected chi connectivity index (χ3v) is 7.12. The minimum absolute atomic E-state index is 0.274. The summed E-state index contributed by atoms with van der Waals surface area (Å²) in [6.07, 6.45) is 0. The van der Waals surface area contributed by atoms with Crippen molar-refractivity contribution in [3.05, 3.63) is 71.6 Å². The van der Waals surface area contributed by atoms with Gasteiger partial charge >= 0.3 is 0 Å². The van der Waals surface area contributed by atoms with Gasteiger partial charge in [-0.1, -0.05) is 36.4 Å². The molecule has 0 aliphatic rings. The van der Waals surface area contributed by atoms with Crippen LogP contribution in [0.2, 0.25) is 0 Å². The zero-order valence-corrected chi connectivity index (χ0v) is 15.9. The standard InChI is InChI=1S/C18H15N5O2S2/c1-13-6-2-3-9-16(13)23(27(24,25)17-10-5-11-26-17)15-8-4-7-14(12-15)18-19-21-22-20-18/h2-12H,1H3,(H,19,20,21,22). The molecule has 0 bridgehead atoms. The van der Waals surface area contributed by atoms with Gasteiger partial charge in [0.2, 0.25) is 5.82 Å². The molecule has 1 N–H and O–H groups in total. The zero-order chi connectivity index (χ0) is 18.9. The average Bonchev–Trinajstić information content (AvgIpc) is 3.38. The summed E-state index contributed by atoms with van der Waals surface area (Å²) in [7, 11) is -3.78. The van der Waals surface area contributed by atoms with Gasteiger partial charge in [0.1, 0.15) is 4.21 Å². The second kappa shape index (κ2) is 6.93. The minimum atomic E-state index is -3.78. The number of aromatic nitrogens is 4. The number of thiophene rings is 1. The van der Waals surface area contributed by atoms with Gasteiger partial charge in [0, 0.05) is 5.56 Å². The summed E-state index contributed by atoms with van der Waals surface area (Å²) in [4.78, 5) is 0. The van der Waals surface area contributed by atoms with Crippen molar-refractivity contribution in [1.29, 1.82) is 0 Å². The molecule has 0 aliphatic carbocycles. The molecule has 4 rings (SSSR count). The predicted molar refractivity (Wildman–Crippen MR) is 104 cm³/mol. The summed E-state index contributed by atoms with van der Waals surface area (Å²) in [6.45, 7) is 1.88. The topological polar surface area (TPSA) is 91.8 Å². The van der Waals surface area contributed by atoms with Crippen molar-refractivity contribution in [2.45, 2.75) is 11.1 Å². The number of para-hydroxylation sites is 1. The highest BCUT2D eigenvalue weighted by atomic mass is 32.2. The van der Waals surface area contributed by atoms with Gasteiger partial charge in [-0.15, -0.1) is 21.5 Å². The van der Waals surface area contributed by atoms with Crippen molar-refractivity contribution in [3.63, 3.8) is 0 Å². The van der Waals surface area contributed by atoms with Crippen LogP contribution in [0.15, 0.2) is 70.3 Å². The van der Waals surface area contributed by atoms with E-state index in [1.807, 2.05) is 31.2 Å². The number of hydrogen-bond donors (Lipinski definition) is 1. The molecule has 0 aliphatic heterocycles. The second-order valence-corrected chi connectivity index (χ2v) is 8.73. The van der Waals surface area contributed by atoms with Gasteiger partial charge in [-0.2, -0.15) is 13.6 Å². The minimum Gasteiger partial charge on any atom is -0.234 e. The number of sulfonamides is 1. The lowest BCUT2D eigenvalue weighted by molar-refractivity contribution is 0.598. The van der Waals surface area contributed by atoms with Crippen LogP contribution in [-0.4, -0.2) is 29.0 Å². The maximum atomic E-state index is 13.4. The molecule has 27 heavy (non-hydrogen) atoms. The van der Waals surface area contributed by atoms with Gasteiger partial charge in [-0.3, -0.25) is 0 Å². The fourth-order valence-electron chi connectivity index (χ4n) is 2.75. The van der Waals surface area contributed by atoms with Crippen LogP contribution in [0.1, 0.15) is 5.56 Å². The van der Waals surface area contributed by atoms with E-state index in [4.69, 9.17) is 0 Å². The quantitative estimate of drug-likeness (QED) is 0.553. The van der Waals surface area contributed by atoms with Crippen LogP contribution in [0.5, 0.6) is 0 Å². The van der Waals surface area contributed by atoms with Gasteiger partial charge < -0.3 is 0 Å². The molecule has 2 aromatic heterocycles. The molecule has 0 spiro atoms. The number of nitrogens with zero attached hydrogens (tertiary/aromatic N) is 4. The molecule has 9 heteroatoms. The molecule has 7 nitrogen and oxygen atoms in total. The number of H-pyrrole nitrogens is 1. The summed E-state index contributed by atoms with van der Waals surface area (Å²) in [5.41, 5.74) is 2.61. The van der Waals surface area contributed by atoms with Crippen molar-refractivity contribution in [1.82, 2.24) is 20.6 Å². The summed E-state index contributed by atoms with van der Waals surface area (Å²) < 4.78 is 28.5. The number of anilines is 2. The highest BCUT2D eigenvalue weighted by molar-refractivity contribution is 7.95. The predicted octanol–water partition coefficient (Wildman–Crippen LogP) is 3.76. The van der Waals surface area contributed by atoms with Gasteiger partial charge in [0.25, 0.3) is 10.0 Å². The van der Waals surface area contributed by atoms with Crippen LogP contribution in [0, 0.1) is 6.92 Å². The molecule has 4 aromatic rings. The first-order valence-corrected chi connectivity index (χ1v) is 10.4. The Hall–Kier alpha value is -3.04. The van der Waals surface area contributed by atoms with E-state index in [1.54, 1.807) is 41.8 Å². The molecule has 0 saturated heterocycles. The van der Waals surface area contributed by atoms with E-state index in [2.05, 4.69) is 20.6 Å². The monoisotopic (exact) mass is 397 g/mol. The van der Waals surface area contributed by atoms with Crippen LogP contribution < -0.4 is 4.31 Å². The highest BCUT2D eigenvalue weighted by Crippen LogP contribution is 2.36. The van der Waals surface area contributed by atoms with Gasteiger partial charge in [0.15, 0.2) is 0 Å². The molecule has 0 radical (unpaired) electrons. The Morgan fingerprint density at radius 1 is 1.04 bits per heavy atom. The van der Waals surface area contributed by atoms with Crippen LogP contribution >= 0.6 is 11.3 Å². The molecule has 0 unspecified atom stereocenters. The maximum absolute atomic E-state index is 13.4. The van der Waals surface area contributed by atoms with Crippen molar-refractivity contribution in [3.8, 4) is 11.4 Å². The lowest BCUT2D eigenvalue weighted by Crippen LogP contribution is -2.26. The Bertz CT molecular complexity index is 1160. The average molecular weight is 397 g/mol. The molecule has 0 amide bonds. The van der Waals surface area contributed by atoms with E-state index in [1.165, 1.54) is 15.6 Å². The lowest BCUT2D eigenvalue weighted by Gasteiger charge is -2.25. The number of rotatable bonds is 5. The first-order valence-electron chi connectivity index (χ1n) is 8.06. The summed E-state index contributed by atoms with van der Waals surface area (Å²) >= 11 is 1.19. The Morgan fingerprint density at radius 2 is 1.89 bits per heavy atom. The molecule has 0 fully saturated rings. The Kier molecular flexibility index (Phi) is 4.46. The van der Waals surface area contributed by atoms with Crippen LogP contribution in [0.4, 0.5) is 11.4 Å². The molecule has 2 aromatic carbocycles. The van der Waals surface area contributed by atoms with Crippen molar-refractivity contribution in [2.75, 3.05) is 4.31 Å². The third kappa shape index (κ3) is 3.22. The summed E-state index contributed by atoms with van der Waals surface area (Å²) in [5, 5.41) is 15.7. The zero-order valence-electron chi connectivity index (χ0n) is 14.3. The van der Waals surface area contributed by atoms with Crippen molar-refractivity contribution in [2.24, 2.45) is 0 Å². The smallest absolute Gasteiger partial charge is 0.234 e. The molecular formula is C18H15N5O2S2. The highest BCUT2D eigenvalue weighted by Gasteiger charge is 2.29. The molecule has 0 atom stereocenters. The molecule has 2 heterocycles. The van der Waals surface area contributed by atoms with E-state index in [0.29, 0.717) is 22.8 Å². The normalized spacial score (nSPS) is 11.4. The van der Waals surface area contributed by atoms with E-state index >= 15 is 0 Å². The first kappa shape index (κ1) is 17.4. The SMILES string of the molecule is Cc1ccccc1N(c1cccc(-c2nn[nH]n2)c1)S(=O)(=O)c1cccs1. The number of benzene rings is 2. The third-order valence-electron chi connectivity index (χ3n) is 4.01. The van der Waals surface area contributed by atoms with Crippen molar-refractivity contribution >= 4 is 32.7 Å². The first-order chi connectivity index (χ1) is 13.1. The lowest BCUT2D eigenvalue weighted by atomic mass is 10.1. The van der Waals surface area contributed by atoms with E-state index < -0.39 is 10.0 Å². The Labute approximate surface area is 160 Å². The number of aryl methyl sites for hydroxylation is 1. The van der Waals surface area contributed by atoms with Crippen LogP contribution in [0.3, 0.4) is 0 Å². The van der Waals surface area contributed by atoms with Crippen LogP contribution in [0.25, 0.3) is 11.4 Å². The largest absolute Gasteiger partial charge is 0.278 e. The Balaban J connectivity index is 1.92. The van der Waals surface area contributed by atoms with Gasteiger partial charge in [-0.05, 0) is 47.3 Å². The number of hydrogen-bond acceptors (Lipinski definition) is 6. The van der Waals surface area contributed by atoms with Gasteiger partial charge in [-0.25, -0.2) is 4.31 Å². The summed E-state index contributed by atoms with van der Waals surface area (Å²) in [5.74, 6) is 0.398. The van der Waals surface area contributed by atoms with Crippen molar-refractivity contribution < 1.29 is 8.42 Å². The van der Waals surface area contributed by atoms with E-state index in [0.717, 1.165) is 5.56 Å².